The first-order valence-corrected chi connectivity index (χ1v) is 5.63. The highest BCUT2D eigenvalue weighted by Crippen LogP contribution is 2.37. The molecule has 0 unspecified atom stereocenters. The molecular weight excluding hydrogens is 214 g/mol. The number of alkyl halides is 2. The van der Waals surface area contributed by atoms with Gasteiger partial charge in [0, 0.05) is 12.3 Å². The summed E-state index contributed by atoms with van der Waals surface area (Å²) >= 11 is 0. The van der Waals surface area contributed by atoms with Crippen molar-refractivity contribution in [1.82, 2.24) is 15.0 Å². The van der Waals surface area contributed by atoms with Gasteiger partial charge in [0.25, 0.3) is 6.43 Å². The largest absolute Gasteiger partial charge is 0.330 e. The summed E-state index contributed by atoms with van der Waals surface area (Å²) in [4.78, 5) is 0. The van der Waals surface area contributed by atoms with Crippen LogP contribution < -0.4 is 5.73 Å². The van der Waals surface area contributed by atoms with E-state index in [0.717, 1.165) is 30.7 Å². The zero-order chi connectivity index (χ0) is 11.5. The van der Waals surface area contributed by atoms with Crippen LogP contribution in [0.1, 0.15) is 36.6 Å². The van der Waals surface area contributed by atoms with Crippen LogP contribution >= 0.6 is 0 Å². The summed E-state index contributed by atoms with van der Waals surface area (Å²) in [5.74, 6) is 0.357. The minimum absolute atomic E-state index is 0.357. The molecule has 2 N–H and O–H groups in total. The average Bonchev–Trinajstić information content (AvgIpc) is 2.48. The molecule has 0 aliphatic heterocycles. The Labute approximate surface area is 92.8 Å². The summed E-state index contributed by atoms with van der Waals surface area (Å²) in [6.07, 6.45) is 1.50. The van der Waals surface area contributed by atoms with Crippen LogP contribution in [0.15, 0.2) is 0 Å². The van der Waals surface area contributed by atoms with Gasteiger partial charge < -0.3 is 5.73 Å². The summed E-state index contributed by atoms with van der Waals surface area (Å²) in [5, 5.41) is 7.77. The van der Waals surface area contributed by atoms with Crippen molar-refractivity contribution in [3.8, 4) is 0 Å². The molecule has 0 spiro atoms. The lowest BCUT2D eigenvalue weighted by atomic mass is 9.81. The SMILES string of the molecule is NCCc1nnn(CC(F)F)c1C1CCC1. The Morgan fingerprint density at radius 3 is 2.69 bits per heavy atom. The van der Waals surface area contributed by atoms with Gasteiger partial charge in [0.2, 0.25) is 0 Å². The molecule has 1 aliphatic carbocycles. The van der Waals surface area contributed by atoms with Gasteiger partial charge in [-0.3, -0.25) is 0 Å². The zero-order valence-corrected chi connectivity index (χ0v) is 9.07. The van der Waals surface area contributed by atoms with Gasteiger partial charge in [-0.25, -0.2) is 13.5 Å². The monoisotopic (exact) mass is 230 g/mol. The molecule has 4 nitrogen and oxygen atoms in total. The Hall–Kier alpha value is -1.04. The van der Waals surface area contributed by atoms with E-state index in [4.69, 9.17) is 5.73 Å². The molecule has 90 valence electrons. The molecule has 1 heterocycles. The predicted molar refractivity (Wildman–Crippen MR) is 55.4 cm³/mol. The summed E-state index contributed by atoms with van der Waals surface area (Å²) in [6, 6.07) is 0. The second-order valence-corrected chi connectivity index (χ2v) is 4.16. The highest BCUT2D eigenvalue weighted by molar-refractivity contribution is 5.18. The Balaban J connectivity index is 2.22. The first-order chi connectivity index (χ1) is 7.72. The number of hydrogen-bond donors (Lipinski definition) is 1. The number of rotatable bonds is 5. The van der Waals surface area contributed by atoms with Crippen LogP contribution in [0.3, 0.4) is 0 Å². The van der Waals surface area contributed by atoms with Gasteiger partial charge in [0.15, 0.2) is 0 Å². The second-order valence-electron chi connectivity index (χ2n) is 4.16. The normalized spacial score (nSPS) is 16.8. The van der Waals surface area contributed by atoms with Gasteiger partial charge in [-0.1, -0.05) is 11.6 Å². The van der Waals surface area contributed by atoms with Crippen LogP contribution in [0.2, 0.25) is 0 Å². The zero-order valence-electron chi connectivity index (χ0n) is 9.07. The van der Waals surface area contributed by atoms with Crippen molar-refractivity contribution in [2.45, 2.75) is 44.6 Å². The van der Waals surface area contributed by atoms with E-state index in [1.165, 1.54) is 4.68 Å². The van der Waals surface area contributed by atoms with Crippen molar-refractivity contribution < 1.29 is 8.78 Å². The molecule has 2 rings (SSSR count). The molecular formula is C10H16F2N4. The molecule has 0 radical (unpaired) electrons. The van der Waals surface area contributed by atoms with E-state index >= 15 is 0 Å². The van der Waals surface area contributed by atoms with Gasteiger partial charge in [-0.2, -0.15) is 0 Å². The van der Waals surface area contributed by atoms with Crippen LogP contribution in [0.4, 0.5) is 8.78 Å². The molecule has 1 saturated carbocycles. The van der Waals surface area contributed by atoms with Crippen molar-refractivity contribution in [3.05, 3.63) is 11.4 Å². The van der Waals surface area contributed by atoms with Gasteiger partial charge in [-0.15, -0.1) is 5.10 Å². The third kappa shape index (κ3) is 2.21. The van der Waals surface area contributed by atoms with E-state index < -0.39 is 6.43 Å². The van der Waals surface area contributed by atoms with Gasteiger partial charge in [0.05, 0.1) is 11.4 Å². The predicted octanol–water partition coefficient (Wildman–Crippen LogP) is 1.31. The fraction of sp³-hybridized carbons (Fsp3) is 0.800. The maximum absolute atomic E-state index is 12.4. The van der Waals surface area contributed by atoms with Crippen LogP contribution in [-0.2, 0) is 13.0 Å². The van der Waals surface area contributed by atoms with Gasteiger partial charge >= 0.3 is 0 Å². The third-order valence-corrected chi connectivity index (χ3v) is 3.03. The van der Waals surface area contributed by atoms with Crippen molar-refractivity contribution in [2.75, 3.05) is 6.54 Å². The van der Waals surface area contributed by atoms with Crippen LogP contribution in [0.25, 0.3) is 0 Å². The Morgan fingerprint density at radius 1 is 1.44 bits per heavy atom. The Kier molecular flexibility index (Phi) is 3.48. The van der Waals surface area contributed by atoms with Crippen molar-refractivity contribution in [2.24, 2.45) is 5.73 Å². The summed E-state index contributed by atoms with van der Waals surface area (Å²) in [6.45, 7) is 0.122. The molecule has 0 saturated heterocycles. The van der Waals surface area contributed by atoms with Crippen molar-refractivity contribution >= 4 is 0 Å². The highest BCUT2D eigenvalue weighted by atomic mass is 19.3. The molecule has 1 aliphatic rings. The van der Waals surface area contributed by atoms with E-state index in [1.54, 1.807) is 0 Å². The molecule has 6 heteroatoms. The van der Waals surface area contributed by atoms with Gasteiger partial charge in [0.1, 0.15) is 6.54 Å². The van der Waals surface area contributed by atoms with E-state index in [-0.39, 0.29) is 6.54 Å². The van der Waals surface area contributed by atoms with E-state index in [2.05, 4.69) is 10.3 Å². The number of hydrogen-bond acceptors (Lipinski definition) is 3. The van der Waals surface area contributed by atoms with E-state index in [9.17, 15) is 8.78 Å². The topological polar surface area (TPSA) is 56.7 Å². The van der Waals surface area contributed by atoms with Crippen molar-refractivity contribution in [3.63, 3.8) is 0 Å². The van der Waals surface area contributed by atoms with Gasteiger partial charge in [-0.05, 0) is 19.4 Å². The lowest BCUT2D eigenvalue weighted by Crippen LogP contribution is -2.20. The molecule has 1 aromatic rings. The molecule has 0 atom stereocenters. The number of halogens is 2. The number of aromatic nitrogens is 3. The Morgan fingerprint density at radius 2 is 2.19 bits per heavy atom. The van der Waals surface area contributed by atoms with E-state index in [1.807, 2.05) is 0 Å². The summed E-state index contributed by atoms with van der Waals surface area (Å²) in [5.41, 5.74) is 7.16. The highest BCUT2D eigenvalue weighted by Gasteiger charge is 2.28. The lowest BCUT2D eigenvalue weighted by molar-refractivity contribution is 0.118. The smallest absolute Gasteiger partial charge is 0.257 e. The first-order valence-electron chi connectivity index (χ1n) is 5.63. The molecule has 0 bridgehead atoms. The molecule has 0 aromatic carbocycles. The summed E-state index contributed by atoms with van der Waals surface area (Å²) in [7, 11) is 0. The Bertz CT molecular complexity index is 347. The molecule has 1 aromatic heterocycles. The van der Waals surface area contributed by atoms with Crippen LogP contribution in [0, 0.1) is 0 Å². The first kappa shape index (κ1) is 11.4. The number of nitrogens with zero attached hydrogens (tertiary/aromatic N) is 3. The molecule has 0 amide bonds. The quantitative estimate of drug-likeness (QED) is 0.829. The maximum atomic E-state index is 12.4. The van der Waals surface area contributed by atoms with Crippen molar-refractivity contribution in [1.29, 1.82) is 0 Å². The molecule has 16 heavy (non-hydrogen) atoms. The third-order valence-electron chi connectivity index (χ3n) is 3.03. The fourth-order valence-corrected chi connectivity index (χ4v) is 2.06. The second kappa shape index (κ2) is 4.86. The standard InChI is InChI=1S/C10H16F2N4/c11-9(12)6-16-10(7-2-1-3-7)8(4-5-13)14-15-16/h7,9H,1-6,13H2. The molecule has 1 fully saturated rings. The lowest BCUT2D eigenvalue weighted by Gasteiger charge is -2.26. The summed E-state index contributed by atoms with van der Waals surface area (Å²) < 4.78 is 26.1. The van der Waals surface area contributed by atoms with E-state index in [0.29, 0.717) is 18.9 Å². The maximum Gasteiger partial charge on any atom is 0.257 e. The van der Waals surface area contributed by atoms with Crippen LogP contribution in [-0.4, -0.2) is 28.0 Å². The van der Waals surface area contributed by atoms with Crippen LogP contribution in [0.5, 0.6) is 0 Å². The fourth-order valence-electron chi connectivity index (χ4n) is 2.06. The minimum Gasteiger partial charge on any atom is -0.330 e. The average molecular weight is 230 g/mol. The minimum atomic E-state index is -2.38. The number of nitrogens with two attached hydrogens (primary N) is 1.